The summed E-state index contributed by atoms with van der Waals surface area (Å²) in [6, 6.07) is 11.7. The minimum atomic E-state index is -0.194. The fourth-order valence-corrected chi connectivity index (χ4v) is 2.65. The largest absolute Gasteiger partial charge is 0.320 e. The molecule has 0 aliphatic rings. The third-order valence-electron chi connectivity index (χ3n) is 3.83. The van der Waals surface area contributed by atoms with E-state index in [-0.39, 0.29) is 11.9 Å². The number of nitrogens with zero attached hydrogens (tertiary/aromatic N) is 1. The highest BCUT2D eigenvalue weighted by Gasteiger charge is 2.28. The summed E-state index contributed by atoms with van der Waals surface area (Å²) in [7, 11) is 0. The van der Waals surface area contributed by atoms with Crippen LogP contribution in [0.2, 0.25) is 0 Å². The van der Waals surface area contributed by atoms with Crippen molar-refractivity contribution in [2.45, 2.75) is 40.2 Å². The first-order valence-corrected chi connectivity index (χ1v) is 7.82. The topological polar surface area (TPSA) is 33.0 Å². The van der Waals surface area contributed by atoms with Crippen molar-refractivity contribution in [3.63, 3.8) is 0 Å². The van der Waals surface area contributed by atoms with Crippen LogP contribution in [-0.4, -0.2) is 5.91 Å². The average Bonchev–Trinajstić information content (AvgIpc) is 2.49. The number of aromatic nitrogens is 1. The summed E-state index contributed by atoms with van der Waals surface area (Å²) in [5.41, 5.74) is 3.11. The Kier molecular flexibility index (Phi) is 5.31. The first kappa shape index (κ1) is 16.2. The smallest absolute Gasteiger partial charge is 0.293 e. The maximum Gasteiger partial charge on any atom is 0.293 e. The zero-order valence-corrected chi connectivity index (χ0v) is 13.8. The molecule has 0 aliphatic heterocycles. The van der Waals surface area contributed by atoms with Gasteiger partial charge in [-0.05, 0) is 30.9 Å². The quantitative estimate of drug-likeness (QED) is 0.836. The number of amides is 1. The highest BCUT2D eigenvalue weighted by molar-refractivity contribution is 5.94. The molecule has 0 fully saturated rings. The van der Waals surface area contributed by atoms with Crippen LogP contribution in [0.4, 0.5) is 5.69 Å². The summed E-state index contributed by atoms with van der Waals surface area (Å²) in [6.07, 6.45) is 4.72. The molecule has 0 spiro atoms. The molecular weight excluding hydrogens is 272 g/mol. The molecule has 3 nitrogen and oxygen atoms in total. The molecule has 0 saturated carbocycles. The summed E-state index contributed by atoms with van der Waals surface area (Å²) < 4.78 is 1.99. The molecule has 1 heterocycles. The van der Waals surface area contributed by atoms with Gasteiger partial charge < -0.3 is 5.32 Å². The number of nitrogens with one attached hydrogen (secondary N) is 1. The fourth-order valence-electron chi connectivity index (χ4n) is 2.65. The Labute approximate surface area is 133 Å². The number of carbonyl (C=O) groups is 1. The van der Waals surface area contributed by atoms with Crippen molar-refractivity contribution >= 4 is 11.6 Å². The van der Waals surface area contributed by atoms with E-state index in [0.717, 1.165) is 23.2 Å². The van der Waals surface area contributed by atoms with E-state index in [1.54, 1.807) is 0 Å². The summed E-state index contributed by atoms with van der Waals surface area (Å²) in [4.78, 5) is 12.8. The molecule has 116 valence electrons. The van der Waals surface area contributed by atoms with Crippen LogP contribution in [0.3, 0.4) is 0 Å². The Balaban J connectivity index is 2.26. The Morgan fingerprint density at radius 1 is 1.05 bits per heavy atom. The molecule has 0 aliphatic carbocycles. The van der Waals surface area contributed by atoms with Crippen molar-refractivity contribution in [2.75, 3.05) is 5.32 Å². The maximum absolute atomic E-state index is 12.8. The molecule has 1 atom stereocenters. The Morgan fingerprint density at radius 3 is 2.18 bits per heavy atom. The van der Waals surface area contributed by atoms with Crippen molar-refractivity contribution in [1.29, 1.82) is 0 Å². The molecule has 1 N–H and O–H groups in total. The van der Waals surface area contributed by atoms with Crippen LogP contribution in [0.1, 0.15) is 37.4 Å². The predicted octanol–water partition coefficient (Wildman–Crippen LogP) is 3.82. The van der Waals surface area contributed by atoms with Gasteiger partial charge in [0.25, 0.3) is 5.91 Å². The number of rotatable bonds is 5. The van der Waals surface area contributed by atoms with Gasteiger partial charge in [-0.25, -0.2) is 0 Å². The minimum absolute atomic E-state index is 0.0438. The van der Waals surface area contributed by atoms with E-state index in [1.165, 1.54) is 0 Å². The van der Waals surface area contributed by atoms with Crippen molar-refractivity contribution in [2.24, 2.45) is 5.92 Å². The number of para-hydroxylation sites is 1. The molecule has 2 rings (SSSR count). The number of hydrogen-bond acceptors (Lipinski definition) is 1. The van der Waals surface area contributed by atoms with Crippen molar-refractivity contribution in [1.82, 2.24) is 0 Å². The molecule has 1 unspecified atom stereocenters. The van der Waals surface area contributed by atoms with E-state index in [9.17, 15) is 4.79 Å². The van der Waals surface area contributed by atoms with E-state index >= 15 is 0 Å². The number of anilines is 1. The van der Waals surface area contributed by atoms with Crippen LogP contribution in [0, 0.1) is 19.8 Å². The van der Waals surface area contributed by atoms with Gasteiger partial charge in [0.05, 0.1) is 0 Å². The van der Waals surface area contributed by atoms with Crippen LogP contribution >= 0.6 is 0 Å². The monoisotopic (exact) mass is 297 g/mol. The summed E-state index contributed by atoms with van der Waals surface area (Å²) in [5.74, 6) is 0.490. The molecule has 0 saturated heterocycles. The van der Waals surface area contributed by atoms with E-state index in [4.69, 9.17) is 0 Å². The van der Waals surface area contributed by atoms with Crippen LogP contribution in [0.5, 0.6) is 0 Å². The standard InChI is InChI=1S/C19H24N2O/c1-14(2)13-17(21-11-6-5-7-12-21)19(22)20-18-15(3)9-8-10-16(18)4/h5-12,14,17H,13H2,1-4H3/p+1. The Hall–Kier alpha value is -2.16. The lowest BCUT2D eigenvalue weighted by Crippen LogP contribution is -2.46. The van der Waals surface area contributed by atoms with Gasteiger partial charge >= 0.3 is 0 Å². The zero-order valence-electron chi connectivity index (χ0n) is 13.8. The Bertz CT molecular complexity index is 615. The van der Waals surface area contributed by atoms with Gasteiger partial charge in [-0.1, -0.05) is 38.1 Å². The molecule has 0 radical (unpaired) electrons. The average molecular weight is 297 g/mol. The van der Waals surface area contributed by atoms with Crippen LogP contribution < -0.4 is 9.88 Å². The normalized spacial score (nSPS) is 12.2. The lowest BCUT2D eigenvalue weighted by Gasteiger charge is -2.17. The SMILES string of the molecule is Cc1cccc(C)c1NC(=O)C(CC(C)C)[n+]1ccccc1. The highest BCUT2D eigenvalue weighted by atomic mass is 16.2. The number of benzene rings is 1. The summed E-state index contributed by atoms with van der Waals surface area (Å²) in [6.45, 7) is 8.33. The summed E-state index contributed by atoms with van der Waals surface area (Å²) in [5, 5.41) is 3.12. The minimum Gasteiger partial charge on any atom is -0.320 e. The zero-order chi connectivity index (χ0) is 16.1. The molecule has 3 heteroatoms. The number of carbonyl (C=O) groups excluding carboxylic acids is 1. The van der Waals surface area contributed by atoms with Crippen molar-refractivity contribution < 1.29 is 9.36 Å². The Morgan fingerprint density at radius 2 is 1.64 bits per heavy atom. The molecule has 1 aromatic heterocycles. The number of hydrogen-bond donors (Lipinski definition) is 1. The number of aryl methyl sites for hydroxylation is 2. The van der Waals surface area contributed by atoms with Crippen LogP contribution in [0.15, 0.2) is 48.8 Å². The van der Waals surface area contributed by atoms with Crippen LogP contribution in [-0.2, 0) is 4.79 Å². The first-order chi connectivity index (χ1) is 10.5. The van der Waals surface area contributed by atoms with Gasteiger partial charge in [0.2, 0.25) is 6.04 Å². The molecular formula is C19H25N2O+. The summed E-state index contributed by atoms with van der Waals surface area (Å²) >= 11 is 0. The van der Waals surface area contributed by atoms with Crippen molar-refractivity contribution in [3.05, 3.63) is 59.9 Å². The van der Waals surface area contributed by atoms with Gasteiger partial charge in [-0.15, -0.1) is 0 Å². The molecule has 1 amide bonds. The lowest BCUT2D eigenvalue weighted by atomic mass is 10.0. The number of pyridine rings is 1. The van der Waals surface area contributed by atoms with Gasteiger partial charge in [0.1, 0.15) is 0 Å². The van der Waals surface area contributed by atoms with Gasteiger partial charge in [-0.2, -0.15) is 4.57 Å². The van der Waals surface area contributed by atoms with Gasteiger partial charge in [0.15, 0.2) is 12.4 Å². The van der Waals surface area contributed by atoms with E-state index in [0.29, 0.717) is 5.92 Å². The van der Waals surface area contributed by atoms with E-state index in [1.807, 2.05) is 67.2 Å². The molecule has 0 bridgehead atoms. The van der Waals surface area contributed by atoms with E-state index < -0.39 is 0 Å². The second kappa shape index (κ2) is 7.21. The first-order valence-electron chi connectivity index (χ1n) is 7.82. The van der Waals surface area contributed by atoms with Crippen molar-refractivity contribution in [3.8, 4) is 0 Å². The fraction of sp³-hybridized carbons (Fsp3) is 0.368. The lowest BCUT2D eigenvalue weighted by molar-refractivity contribution is -0.710. The van der Waals surface area contributed by atoms with E-state index in [2.05, 4.69) is 19.2 Å². The van der Waals surface area contributed by atoms with Gasteiger partial charge in [0, 0.05) is 24.2 Å². The maximum atomic E-state index is 12.8. The second-order valence-electron chi connectivity index (χ2n) is 6.22. The third-order valence-corrected chi connectivity index (χ3v) is 3.83. The molecule has 1 aromatic carbocycles. The van der Waals surface area contributed by atoms with Crippen LogP contribution in [0.25, 0.3) is 0 Å². The highest BCUT2D eigenvalue weighted by Crippen LogP contribution is 2.21. The molecule has 2 aromatic rings. The second-order valence-corrected chi connectivity index (χ2v) is 6.22. The third kappa shape index (κ3) is 3.94. The van der Waals surface area contributed by atoms with Gasteiger partial charge in [-0.3, -0.25) is 4.79 Å². The molecule has 22 heavy (non-hydrogen) atoms. The predicted molar refractivity (Wildman–Crippen MR) is 89.7 cm³/mol.